The lowest BCUT2D eigenvalue weighted by Crippen LogP contribution is -2.38. The van der Waals surface area contributed by atoms with Gasteiger partial charge >= 0.3 is 5.97 Å². The van der Waals surface area contributed by atoms with Gasteiger partial charge in [-0.3, -0.25) is 9.10 Å². The van der Waals surface area contributed by atoms with Crippen LogP contribution in [0, 0.1) is 5.92 Å². The van der Waals surface area contributed by atoms with Gasteiger partial charge < -0.3 is 10.1 Å². The summed E-state index contributed by atoms with van der Waals surface area (Å²) in [5, 5.41) is 2.76. The van der Waals surface area contributed by atoms with Crippen LogP contribution >= 0.6 is 0 Å². The normalized spacial score (nSPS) is 14.4. The van der Waals surface area contributed by atoms with Gasteiger partial charge in [-0.1, -0.05) is 44.2 Å². The van der Waals surface area contributed by atoms with Crippen molar-refractivity contribution >= 4 is 33.7 Å². The highest BCUT2D eigenvalue weighted by molar-refractivity contribution is 7.92. The first kappa shape index (κ1) is 23.5. The number of amides is 1. The van der Waals surface area contributed by atoms with Crippen LogP contribution in [0.1, 0.15) is 31.9 Å². The molecule has 2 aromatic carbocycles. The number of benzene rings is 2. The van der Waals surface area contributed by atoms with Crippen LogP contribution in [-0.4, -0.2) is 39.5 Å². The number of anilines is 1. The van der Waals surface area contributed by atoms with Crippen molar-refractivity contribution in [2.75, 3.05) is 17.5 Å². The van der Waals surface area contributed by atoms with Gasteiger partial charge in [0.2, 0.25) is 0 Å². The summed E-state index contributed by atoms with van der Waals surface area (Å²) in [6.07, 6.45) is 3.41. The molecule has 0 radical (unpaired) electrons. The predicted octanol–water partition coefficient (Wildman–Crippen LogP) is 3.16. The predicted molar refractivity (Wildman–Crippen MR) is 124 cm³/mol. The van der Waals surface area contributed by atoms with E-state index in [4.69, 9.17) is 4.74 Å². The van der Waals surface area contributed by atoms with Crippen LogP contribution in [0.15, 0.2) is 59.5 Å². The Hall–Kier alpha value is -3.13. The monoisotopic (exact) mass is 456 g/mol. The maximum absolute atomic E-state index is 13.0. The highest BCUT2D eigenvalue weighted by atomic mass is 32.2. The molecule has 1 aliphatic rings. The van der Waals surface area contributed by atoms with Crippen LogP contribution in [-0.2, 0) is 30.8 Å². The average Bonchev–Trinajstić information content (AvgIpc) is 3.21. The number of hydrogen-bond acceptors (Lipinski definition) is 5. The summed E-state index contributed by atoms with van der Waals surface area (Å²) in [6.45, 7) is 5.92. The van der Waals surface area contributed by atoms with E-state index >= 15 is 0 Å². The van der Waals surface area contributed by atoms with Gasteiger partial charge in [0.25, 0.3) is 15.9 Å². The van der Waals surface area contributed by atoms with E-state index in [1.165, 1.54) is 28.6 Å². The van der Waals surface area contributed by atoms with Gasteiger partial charge in [0, 0.05) is 18.7 Å². The van der Waals surface area contributed by atoms with Crippen LogP contribution in [0.25, 0.3) is 6.08 Å². The molecule has 0 saturated carbocycles. The van der Waals surface area contributed by atoms with E-state index in [9.17, 15) is 18.0 Å². The molecule has 170 valence electrons. The number of hydrogen-bond donors (Lipinski definition) is 1. The van der Waals surface area contributed by atoms with Gasteiger partial charge in [-0.15, -0.1) is 0 Å². The lowest BCUT2D eigenvalue weighted by Gasteiger charge is -2.19. The van der Waals surface area contributed by atoms with E-state index in [2.05, 4.69) is 5.32 Å². The first-order valence-electron chi connectivity index (χ1n) is 10.5. The Morgan fingerprint density at radius 1 is 1.09 bits per heavy atom. The minimum Gasteiger partial charge on any atom is -0.452 e. The topological polar surface area (TPSA) is 92.8 Å². The molecule has 0 aliphatic carbocycles. The summed E-state index contributed by atoms with van der Waals surface area (Å²) in [5.74, 6) is -0.727. The number of sulfonamides is 1. The lowest BCUT2D eigenvalue weighted by atomic mass is 10.1. The fraction of sp³-hybridized carbons (Fsp3) is 0.333. The zero-order valence-corrected chi connectivity index (χ0v) is 19.3. The molecule has 3 rings (SSSR count). The largest absolute Gasteiger partial charge is 0.452 e. The van der Waals surface area contributed by atoms with E-state index in [0.717, 1.165) is 5.56 Å². The summed E-state index contributed by atoms with van der Waals surface area (Å²) in [4.78, 5) is 23.8. The smallest absolute Gasteiger partial charge is 0.331 e. The van der Waals surface area contributed by atoms with Crippen molar-refractivity contribution in [2.45, 2.75) is 38.1 Å². The fourth-order valence-corrected chi connectivity index (χ4v) is 4.75. The number of ether oxygens (including phenoxy) is 1. The van der Waals surface area contributed by atoms with Crippen LogP contribution in [0.5, 0.6) is 0 Å². The van der Waals surface area contributed by atoms with Crippen LogP contribution in [0.4, 0.5) is 5.69 Å². The van der Waals surface area contributed by atoms with Crippen molar-refractivity contribution < 1.29 is 22.7 Å². The molecule has 2 aromatic rings. The molecule has 1 atom stereocenters. The summed E-state index contributed by atoms with van der Waals surface area (Å²) in [6, 6.07) is 13.7. The maximum Gasteiger partial charge on any atom is 0.331 e. The highest BCUT2D eigenvalue weighted by Crippen LogP contribution is 2.32. The lowest BCUT2D eigenvalue weighted by molar-refractivity contribution is -0.144. The van der Waals surface area contributed by atoms with Crippen molar-refractivity contribution in [2.24, 2.45) is 5.92 Å². The number of nitrogens with one attached hydrogen (secondary N) is 1. The molecule has 0 fully saturated rings. The second kappa shape index (κ2) is 9.99. The van der Waals surface area contributed by atoms with Gasteiger partial charge in [-0.25, -0.2) is 13.2 Å². The van der Waals surface area contributed by atoms with E-state index in [1.54, 1.807) is 12.1 Å². The molecule has 1 unspecified atom stereocenters. The first-order valence-corrected chi connectivity index (χ1v) is 12.0. The molecule has 0 spiro atoms. The van der Waals surface area contributed by atoms with Crippen molar-refractivity contribution in [3.63, 3.8) is 0 Å². The second-order valence-electron chi connectivity index (χ2n) is 8.07. The minimum absolute atomic E-state index is 0.0134. The highest BCUT2D eigenvalue weighted by Gasteiger charge is 2.30. The third-order valence-electron chi connectivity index (χ3n) is 5.46. The fourth-order valence-electron chi connectivity index (χ4n) is 3.25. The summed E-state index contributed by atoms with van der Waals surface area (Å²) >= 11 is 0. The molecule has 32 heavy (non-hydrogen) atoms. The molecular weight excluding hydrogens is 428 g/mol. The Kier molecular flexibility index (Phi) is 7.35. The molecule has 7 nitrogen and oxygen atoms in total. The first-order chi connectivity index (χ1) is 15.2. The van der Waals surface area contributed by atoms with Crippen molar-refractivity contribution in [1.29, 1.82) is 0 Å². The Morgan fingerprint density at radius 2 is 1.78 bits per heavy atom. The van der Waals surface area contributed by atoms with E-state index < -0.39 is 16.0 Å². The molecular formula is C24H28N2O5S. The van der Waals surface area contributed by atoms with Gasteiger partial charge in [0.05, 0.1) is 10.6 Å². The van der Waals surface area contributed by atoms with Crippen molar-refractivity contribution in [3.05, 3.63) is 65.7 Å². The molecule has 1 heterocycles. The number of para-hydroxylation sites is 1. The van der Waals surface area contributed by atoms with Crippen molar-refractivity contribution in [1.82, 2.24) is 5.32 Å². The quantitative estimate of drug-likeness (QED) is 0.487. The molecule has 0 bridgehead atoms. The summed E-state index contributed by atoms with van der Waals surface area (Å²) in [7, 11) is -3.66. The van der Waals surface area contributed by atoms with Gasteiger partial charge in [-0.2, -0.15) is 0 Å². The average molecular weight is 457 g/mol. The van der Waals surface area contributed by atoms with Crippen LogP contribution in [0.2, 0.25) is 0 Å². The molecule has 1 amide bonds. The third-order valence-corrected chi connectivity index (χ3v) is 7.29. The molecule has 8 heteroatoms. The molecule has 1 aliphatic heterocycles. The van der Waals surface area contributed by atoms with Gasteiger partial charge in [0.1, 0.15) is 0 Å². The minimum atomic E-state index is -3.66. The number of fused-ring (bicyclic) bond motifs is 1. The van der Waals surface area contributed by atoms with Crippen LogP contribution in [0.3, 0.4) is 0 Å². The molecule has 0 aromatic heterocycles. The van der Waals surface area contributed by atoms with Gasteiger partial charge in [0.15, 0.2) is 6.61 Å². The van der Waals surface area contributed by atoms with E-state index in [-0.39, 0.29) is 29.4 Å². The Balaban J connectivity index is 1.58. The number of carbonyl (C=O) groups is 2. The number of esters is 1. The van der Waals surface area contributed by atoms with Crippen molar-refractivity contribution in [3.8, 4) is 0 Å². The number of rotatable bonds is 8. The number of carbonyl (C=O) groups excluding carboxylic acids is 2. The standard InChI is InChI=1S/C24H28N2O5S/c1-17(2)18(3)25-23(27)16-31-24(28)13-10-19-8-11-21(12-9-19)32(29,30)26-15-14-20-6-4-5-7-22(20)26/h4-13,17-18H,14-16H2,1-3H3,(H,25,27)/b13-10+. The van der Waals surface area contributed by atoms with Gasteiger partial charge in [-0.05, 0) is 54.7 Å². The summed E-state index contributed by atoms with van der Waals surface area (Å²) < 4.78 is 32.4. The zero-order chi connectivity index (χ0) is 23.3. The SMILES string of the molecule is CC(C)C(C)NC(=O)COC(=O)/C=C/c1ccc(S(=O)(=O)N2CCc3ccccc32)cc1. The maximum atomic E-state index is 13.0. The molecule has 1 N–H and O–H groups in total. The third kappa shape index (κ3) is 5.56. The molecule has 0 saturated heterocycles. The van der Waals surface area contributed by atoms with Crippen LogP contribution < -0.4 is 9.62 Å². The van der Waals surface area contributed by atoms with E-state index in [0.29, 0.717) is 24.2 Å². The Labute approximate surface area is 189 Å². The zero-order valence-electron chi connectivity index (χ0n) is 18.4. The second-order valence-corrected chi connectivity index (χ2v) is 9.93. The van der Waals surface area contributed by atoms with E-state index in [1.807, 2.05) is 45.0 Å². The number of nitrogens with zero attached hydrogens (tertiary/aromatic N) is 1. The summed E-state index contributed by atoms with van der Waals surface area (Å²) in [5.41, 5.74) is 2.37. The Bertz CT molecular complexity index is 1110. The Morgan fingerprint density at radius 3 is 2.47 bits per heavy atom.